The van der Waals surface area contributed by atoms with E-state index in [2.05, 4.69) is 19.9 Å². The Kier molecular flexibility index (Phi) is 11.7. The highest BCUT2D eigenvalue weighted by atomic mass is 32.2. The van der Waals surface area contributed by atoms with Gasteiger partial charge in [-0.05, 0) is 88.3 Å². The average Bonchev–Trinajstić information content (AvgIpc) is 3.47. The number of aryl methyl sites for hydroxylation is 1. The number of alkyl halides is 6. The Labute approximate surface area is 368 Å². The second-order valence-electron chi connectivity index (χ2n) is 16.8. The Balaban J connectivity index is 1.32. The predicted molar refractivity (Wildman–Crippen MR) is 224 cm³/mol. The zero-order valence-electron chi connectivity index (χ0n) is 35.8. The number of hydrogen-bond donors (Lipinski definition) is 0. The topological polar surface area (TPSA) is 115 Å². The van der Waals surface area contributed by atoms with Gasteiger partial charge < -0.3 is 28.7 Å². The Morgan fingerprint density at radius 2 is 1.50 bits per heavy atom. The normalized spacial score (nSPS) is 19.5. The molecule has 0 unspecified atom stereocenters. The third kappa shape index (κ3) is 8.47. The van der Waals surface area contributed by atoms with Crippen LogP contribution in [0.4, 0.5) is 47.2 Å². The molecule has 2 bridgehead atoms. The van der Waals surface area contributed by atoms with Crippen LogP contribution in [0.1, 0.15) is 56.0 Å². The number of piperazine rings is 1. The van der Waals surface area contributed by atoms with Gasteiger partial charge in [-0.1, -0.05) is 36.0 Å². The predicted octanol–water partition coefficient (Wildman–Crippen LogP) is 9.78. The molecule has 0 N–H and O–H groups in total. The lowest BCUT2D eigenvalue weighted by molar-refractivity contribution is -0.206. The van der Waals surface area contributed by atoms with Crippen molar-refractivity contribution in [3.8, 4) is 28.6 Å². The van der Waals surface area contributed by atoms with Crippen molar-refractivity contribution in [2.24, 2.45) is 0 Å². The van der Waals surface area contributed by atoms with Crippen molar-refractivity contribution in [2.75, 3.05) is 36.8 Å². The van der Waals surface area contributed by atoms with Crippen molar-refractivity contribution in [2.45, 2.75) is 101 Å². The number of hydrogen-bond acceptors (Lipinski definition) is 12. The molecule has 0 radical (unpaired) electrons. The summed E-state index contributed by atoms with van der Waals surface area (Å²) in [4.78, 5) is 35.5. The summed E-state index contributed by atoms with van der Waals surface area (Å²) in [5.41, 5.74) is -3.75. The second kappa shape index (κ2) is 16.6. The number of pyridine rings is 2. The summed E-state index contributed by atoms with van der Waals surface area (Å²) in [5.74, 6) is -1.17. The first kappa shape index (κ1) is 44.8. The van der Waals surface area contributed by atoms with Crippen LogP contribution in [0.25, 0.3) is 22.2 Å². The van der Waals surface area contributed by atoms with Crippen LogP contribution in [0.5, 0.6) is 17.4 Å². The number of thioether (sulfide) groups is 1. The highest BCUT2D eigenvalue weighted by molar-refractivity contribution is 7.98. The van der Waals surface area contributed by atoms with E-state index in [1.807, 2.05) is 0 Å². The first-order valence-corrected chi connectivity index (χ1v) is 21.5. The highest BCUT2D eigenvalue weighted by Crippen LogP contribution is 2.50. The molecule has 4 atom stereocenters. The molecule has 3 aromatic heterocycles. The number of methoxy groups -OCH3 is 2. The van der Waals surface area contributed by atoms with E-state index in [1.54, 1.807) is 80.5 Å². The van der Waals surface area contributed by atoms with Gasteiger partial charge in [0.15, 0.2) is 11.0 Å². The molecule has 1 amide bonds. The van der Waals surface area contributed by atoms with Crippen molar-refractivity contribution in [3.63, 3.8) is 0 Å². The van der Waals surface area contributed by atoms with Gasteiger partial charge in [0.2, 0.25) is 12.0 Å². The smallest absolute Gasteiger partial charge is 0.427 e. The Bertz CT molecular complexity index is 2530. The van der Waals surface area contributed by atoms with Crippen molar-refractivity contribution in [1.29, 1.82) is 0 Å². The highest BCUT2D eigenvalue weighted by Gasteiger charge is 2.61. The first-order chi connectivity index (χ1) is 30.2. The van der Waals surface area contributed by atoms with Gasteiger partial charge in [0.25, 0.3) is 0 Å². The summed E-state index contributed by atoms with van der Waals surface area (Å²) in [6.07, 6.45) is -11.7. The Morgan fingerprint density at radius 1 is 0.891 bits per heavy atom. The van der Waals surface area contributed by atoms with E-state index in [9.17, 15) is 4.79 Å². The maximum Gasteiger partial charge on any atom is 0.427 e. The Morgan fingerprint density at radius 3 is 2.03 bits per heavy atom. The van der Waals surface area contributed by atoms with Gasteiger partial charge in [-0.25, -0.2) is 29.1 Å². The lowest BCUT2D eigenvalue weighted by Crippen LogP contribution is -2.68. The van der Waals surface area contributed by atoms with Crippen molar-refractivity contribution in [3.05, 3.63) is 82.8 Å². The number of carbonyl (C=O) groups is 1. The lowest BCUT2D eigenvalue weighted by Gasteiger charge is -2.48. The van der Waals surface area contributed by atoms with Gasteiger partial charge in [0.05, 0.1) is 43.6 Å². The summed E-state index contributed by atoms with van der Waals surface area (Å²) >= 11 is 0.962. The zero-order valence-corrected chi connectivity index (χ0v) is 36.6. The molecule has 3 aliphatic rings. The molecule has 2 fully saturated rings. The fraction of sp³-hybridized carbons (Fsp3) is 0.432. The van der Waals surface area contributed by atoms with Crippen LogP contribution in [0.15, 0.2) is 59.8 Å². The number of amides is 1. The Hall–Kier alpha value is -5.79. The fourth-order valence-electron chi connectivity index (χ4n) is 8.78. The number of halogens is 7. The van der Waals surface area contributed by atoms with E-state index in [0.717, 1.165) is 35.9 Å². The van der Waals surface area contributed by atoms with Gasteiger partial charge in [-0.3, -0.25) is 4.90 Å². The molecule has 0 spiro atoms. The number of anilines is 2. The van der Waals surface area contributed by atoms with Gasteiger partial charge in [0.1, 0.15) is 45.3 Å². The number of ether oxygens (including phenoxy) is 4. The zero-order chi connectivity index (χ0) is 46.0. The third-order valence-electron chi connectivity index (χ3n) is 11.5. The maximum absolute atomic E-state index is 17.5. The largest absolute Gasteiger partial charge is 0.497 e. The molecule has 6 heterocycles. The van der Waals surface area contributed by atoms with Crippen molar-refractivity contribution < 1.29 is 54.5 Å². The number of fused-ring (bicyclic) bond motifs is 5. The van der Waals surface area contributed by atoms with Crippen molar-refractivity contribution >= 4 is 40.4 Å². The minimum absolute atomic E-state index is 0.0167. The summed E-state index contributed by atoms with van der Waals surface area (Å²) in [6.45, 7) is 6.10. The van der Waals surface area contributed by atoms with E-state index in [-0.39, 0.29) is 48.2 Å². The number of aromatic nitrogens is 4. The molecule has 20 heteroatoms. The molecule has 340 valence electrons. The molecule has 12 nitrogen and oxygen atoms in total. The van der Waals surface area contributed by atoms with E-state index in [1.165, 1.54) is 24.0 Å². The third-order valence-corrected chi connectivity index (χ3v) is 12.0. The minimum Gasteiger partial charge on any atom is -0.497 e. The van der Waals surface area contributed by atoms with Crippen LogP contribution >= 0.6 is 11.8 Å². The molecule has 0 saturated carbocycles. The second-order valence-corrected chi connectivity index (χ2v) is 17.6. The number of carbonyl (C=O) groups excluding carboxylic acids is 1. The summed E-state index contributed by atoms with van der Waals surface area (Å²) < 4.78 is 132. The van der Waals surface area contributed by atoms with Crippen LogP contribution in [-0.2, 0) is 24.0 Å². The molecule has 2 aromatic carbocycles. The molecule has 3 aliphatic heterocycles. The quantitative estimate of drug-likeness (QED) is 0.0797. The van der Waals surface area contributed by atoms with Gasteiger partial charge >= 0.3 is 18.4 Å². The molecule has 2 saturated heterocycles. The molecular weight excluding hydrogens is 872 g/mol. The van der Waals surface area contributed by atoms with E-state index >= 15 is 30.7 Å². The minimum atomic E-state index is -5.14. The summed E-state index contributed by atoms with van der Waals surface area (Å²) in [6, 6.07) is 11.7. The van der Waals surface area contributed by atoms with Crippen LogP contribution in [0, 0.1) is 12.7 Å². The van der Waals surface area contributed by atoms with Crippen molar-refractivity contribution in [1.82, 2.24) is 24.8 Å². The first-order valence-electron chi connectivity index (χ1n) is 20.3. The number of rotatable bonds is 9. The molecule has 8 rings (SSSR count). The molecule has 64 heavy (non-hydrogen) atoms. The van der Waals surface area contributed by atoms with E-state index in [4.69, 9.17) is 18.9 Å². The van der Waals surface area contributed by atoms with Gasteiger partial charge in [-0.15, -0.1) is 0 Å². The number of benzene rings is 2. The summed E-state index contributed by atoms with van der Waals surface area (Å²) in [5, 5.41) is -0.412. The van der Waals surface area contributed by atoms with Crippen LogP contribution in [-0.4, -0.2) is 94.0 Å². The van der Waals surface area contributed by atoms with E-state index < -0.39 is 88.0 Å². The van der Waals surface area contributed by atoms with Crippen LogP contribution in [0.3, 0.4) is 0 Å². The number of nitrogens with zero attached hydrogens (tertiary/aromatic N) is 7. The van der Waals surface area contributed by atoms with Gasteiger partial charge in [-0.2, -0.15) is 26.3 Å². The standard InChI is InChI=1S/C44H44F7N7O5S/c1-22-32(43(46,47)48)28(18-30(52-22)56(19-23-8-13-26(60-5)14-9-23)20-24-10-15-27(61-6)16-11-24)34-33(45)35-31-38(55-40(54-35)64-7)57-21-25-12-17-29(58(25)41(59)63-42(2,3)4)36(57)37(44(49,50)51)62-39(31)53-34/h8-11,13-16,18,25,29,36-37H,12,17,19-21H2,1-7H3/t25-,29+,36+,37-/m1/s1. The van der Waals surface area contributed by atoms with Crippen LogP contribution < -0.4 is 24.0 Å². The van der Waals surface area contributed by atoms with Gasteiger partial charge in [0, 0.05) is 25.2 Å². The van der Waals surface area contributed by atoms with E-state index in [0.29, 0.717) is 17.9 Å². The maximum atomic E-state index is 17.5. The lowest BCUT2D eigenvalue weighted by atomic mass is 9.96. The average molecular weight is 916 g/mol. The monoisotopic (exact) mass is 915 g/mol. The molecule has 0 aliphatic carbocycles. The molecule has 5 aromatic rings. The SMILES string of the molecule is COc1ccc(CN(Cc2ccc(OC)cc2)c2cc(-c3nc4c5c(nc(SC)nc5c3F)N3C[C@H]5CC[C@@H]([C@H]3[C@H](C(F)(F)F)O4)N5C(=O)OC(C)(C)C)c(C(F)(F)F)c(C)n2)cc1. The fourth-order valence-corrected chi connectivity index (χ4v) is 9.14. The molecular formula is C44H44F7N7O5S. The summed E-state index contributed by atoms with van der Waals surface area (Å²) in [7, 11) is 3.02. The van der Waals surface area contributed by atoms with Crippen LogP contribution in [0.2, 0.25) is 0 Å².